The monoisotopic (exact) mass is 453 g/mol. The molecule has 0 saturated heterocycles. The van der Waals surface area contributed by atoms with Gasteiger partial charge in [0.25, 0.3) is 0 Å². The van der Waals surface area contributed by atoms with Gasteiger partial charge in [0.2, 0.25) is 0 Å². The molecule has 2 aromatic carbocycles. The minimum absolute atomic E-state index is 0.0215. The second-order valence-electron chi connectivity index (χ2n) is 8.22. The number of carboxylic acids is 1. The topological polar surface area (TPSA) is 90.4 Å². The van der Waals surface area contributed by atoms with Gasteiger partial charge in [-0.25, -0.2) is 4.98 Å². The summed E-state index contributed by atoms with van der Waals surface area (Å²) in [6.45, 7) is 4.97. The Bertz CT molecular complexity index is 1360. The van der Waals surface area contributed by atoms with E-state index in [1.807, 2.05) is 36.4 Å². The van der Waals surface area contributed by atoms with Crippen molar-refractivity contribution in [3.63, 3.8) is 0 Å². The maximum atomic E-state index is 11.1. The Morgan fingerprint density at radius 2 is 1.94 bits per heavy atom. The van der Waals surface area contributed by atoms with Gasteiger partial charge in [-0.05, 0) is 65.8 Å². The summed E-state index contributed by atoms with van der Waals surface area (Å²) in [4.78, 5) is 15.3. The molecule has 0 amide bonds. The van der Waals surface area contributed by atoms with Crippen molar-refractivity contribution >= 4 is 22.7 Å². The van der Waals surface area contributed by atoms with Gasteiger partial charge in [0, 0.05) is 18.9 Å². The first-order valence-electron chi connectivity index (χ1n) is 11.1. The van der Waals surface area contributed by atoms with E-state index >= 15 is 0 Å². The molecule has 2 aromatic heterocycles. The molecule has 4 rings (SSSR count). The molecule has 0 radical (unpaired) electrons. The number of hydrogen-bond acceptors (Lipinski definition) is 4. The molecule has 3 N–H and O–H groups in total. The zero-order valence-corrected chi connectivity index (χ0v) is 19.3. The van der Waals surface area contributed by atoms with Gasteiger partial charge in [0.15, 0.2) is 0 Å². The summed E-state index contributed by atoms with van der Waals surface area (Å²) >= 11 is 0. The van der Waals surface area contributed by atoms with Gasteiger partial charge in [-0.3, -0.25) is 4.79 Å². The minimum Gasteiger partial charge on any atom is -0.489 e. The highest BCUT2D eigenvalue weighted by atomic mass is 16.5. The number of hydrogen-bond donors (Lipinski definition) is 2. The lowest BCUT2D eigenvalue weighted by molar-refractivity contribution is -0.137. The van der Waals surface area contributed by atoms with Crippen LogP contribution in [0.15, 0.2) is 67.0 Å². The molecule has 172 valence electrons. The molecule has 0 bridgehead atoms. The number of rotatable bonds is 8. The molecule has 0 saturated carbocycles. The van der Waals surface area contributed by atoms with Crippen LogP contribution in [0, 0.1) is 18.8 Å². The van der Waals surface area contributed by atoms with Crippen molar-refractivity contribution in [1.29, 1.82) is 0 Å². The predicted molar refractivity (Wildman–Crippen MR) is 134 cm³/mol. The van der Waals surface area contributed by atoms with Crippen LogP contribution >= 0.6 is 0 Å². The molecule has 1 atom stereocenters. The smallest absolute Gasteiger partial charge is 0.304 e. The molecule has 0 aliphatic carbocycles. The van der Waals surface area contributed by atoms with Crippen molar-refractivity contribution in [2.75, 3.05) is 5.73 Å². The molecule has 0 fully saturated rings. The lowest BCUT2D eigenvalue weighted by Crippen LogP contribution is -2.05. The van der Waals surface area contributed by atoms with Gasteiger partial charge >= 0.3 is 5.97 Å². The molecular formula is C28H27N3O3. The lowest BCUT2D eigenvalue weighted by Gasteiger charge is -2.14. The highest BCUT2D eigenvalue weighted by Gasteiger charge is 2.14. The summed E-state index contributed by atoms with van der Waals surface area (Å²) in [6.07, 6.45) is 3.87. The maximum Gasteiger partial charge on any atom is 0.304 e. The van der Waals surface area contributed by atoms with Crippen LogP contribution in [0.25, 0.3) is 10.9 Å². The zero-order chi connectivity index (χ0) is 24.1. The van der Waals surface area contributed by atoms with Gasteiger partial charge in [0.05, 0.1) is 17.9 Å². The Hall–Kier alpha value is -4.24. The molecule has 0 spiro atoms. The average molecular weight is 454 g/mol. The molecule has 0 unspecified atom stereocenters. The largest absolute Gasteiger partial charge is 0.489 e. The molecule has 2 heterocycles. The van der Waals surface area contributed by atoms with Crippen molar-refractivity contribution in [3.8, 4) is 17.6 Å². The van der Waals surface area contributed by atoms with Crippen molar-refractivity contribution in [3.05, 3.63) is 89.2 Å². The Morgan fingerprint density at radius 3 is 2.62 bits per heavy atom. The number of aryl methyl sites for hydroxylation is 1. The van der Waals surface area contributed by atoms with Crippen LogP contribution in [0.3, 0.4) is 0 Å². The number of carbonyl (C=O) groups is 1. The van der Waals surface area contributed by atoms with E-state index in [9.17, 15) is 4.79 Å². The Kier molecular flexibility index (Phi) is 6.84. The van der Waals surface area contributed by atoms with Crippen LogP contribution in [0.5, 0.6) is 5.75 Å². The van der Waals surface area contributed by atoms with E-state index in [4.69, 9.17) is 15.6 Å². The van der Waals surface area contributed by atoms with Crippen LogP contribution in [0.1, 0.15) is 41.5 Å². The number of ether oxygens (including phenoxy) is 1. The van der Waals surface area contributed by atoms with Crippen LogP contribution in [0.2, 0.25) is 0 Å². The number of nitrogen functional groups attached to an aromatic ring is 1. The van der Waals surface area contributed by atoms with E-state index in [0.717, 1.165) is 22.4 Å². The van der Waals surface area contributed by atoms with Crippen molar-refractivity contribution in [2.45, 2.75) is 39.3 Å². The number of aromatic nitrogens is 2. The number of anilines is 1. The first kappa shape index (κ1) is 22.9. The number of nitrogens with two attached hydrogens (primary N) is 1. The third-order valence-electron chi connectivity index (χ3n) is 5.87. The quantitative estimate of drug-likeness (QED) is 0.361. The van der Waals surface area contributed by atoms with Crippen LogP contribution in [-0.2, 0) is 17.9 Å². The zero-order valence-electron chi connectivity index (χ0n) is 19.3. The summed E-state index contributed by atoms with van der Waals surface area (Å²) in [5.41, 5.74) is 11.1. The Morgan fingerprint density at radius 1 is 1.15 bits per heavy atom. The molecule has 6 nitrogen and oxygen atoms in total. The fourth-order valence-corrected chi connectivity index (χ4v) is 4.10. The molecule has 4 aromatic rings. The van der Waals surface area contributed by atoms with E-state index < -0.39 is 5.97 Å². The molecular weight excluding hydrogens is 426 g/mol. The van der Waals surface area contributed by atoms with Crippen LogP contribution < -0.4 is 10.5 Å². The SMILES string of the molecule is CC#C[C@@H](CC(=O)O)c1ccc(OCc2ccc3ccn(Cc4ccc(N)nc4)c3c2C)cc1. The third-order valence-corrected chi connectivity index (χ3v) is 5.87. The third kappa shape index (κ3) is 5.21. The van der Waals surface area contributed by atoms with E-state index in [1.165, 1.54) is 16.5 Å². The van der Waals surface area contributed by atoms with Gasteiger partial charge in [-0.15, -0.1) is 5.92 Å². The summed E-state index contributed by atoms with van der Waals surface area (Å²) in [7, 11) is 0. The Labute approximate surface area is 199 Å². The summed E-state index contributed by atoms with van der Waals surface area (Å²) < 4.78 is 8.28. The van der Waals surface area contributed by atoms with Crippen molar-refractivity contribution in [2.24, 2.45) is 0 Å². The van der Waals surface area contributed by atoms with Crippen LogP contribution in [-0.4, -0.2) is 20.6 Å². The summed E-state index contributed by atoms with van der Waals surface area (Å²) in [5, 5.41) is 10.3. The van der Waals surface area contributed by atoms with Crippen LogP contribution in [0.4, 0.5) is 5.82 Å². The van der Waals surface area contributed by atoms with Gasteiger partial charge in [-0.2, -0.15) is 0 Å². The van der Waals surface area contributed by atoms with Gasteiger partial charge in [-0.1, -0.05) is 36.3 Å². The fraction of sp³-hybridized carbons (Fsp3) is 0.214. The Balaban J connectivity index is 1.50. The van der Waals surface area contributed by atoms with E-state index in [2.05, 4.69) is 52.7 Å². The average Bonchev–Trinajstić information content (AvgIpc) is 3.23. The minimum atomic E-state index is -0.864. The van der Waals surface area contributed by atoms with E-state index in [1.54, 1.807) is 13.1 Å². The lowest BCUT2D eigenvalue weighted by atomic mass is 9.96. The van der Waals surface area contributed by atoms with Crippen molar-refractivity contribution < 1.29 is 14.6 Å². The van der Waals surface area contributed by atoms with Crippen molar-refractivity contribution in [1.82, 2.24) is 9.55 Å². The van der Waals surface area contributed by atoms with E-state index in [-0.39, 0.29) is 12.3 Å². The highest BCUT2D eigenvalue weighted by molar-refractivity contribution is 5.84. The molecule has 0 aliphatic rings. The molecule has 0 aliphatic heterocycles. The fourth-order valence-electron chi connectivity index (χ4n) is 4.10. The second kappa shape index (κ2) is 10.1. The first-order chi connectivity index (χ1) is 16.4. The summed E-state index contributed by atoms with van der Waals surface area (Å²) in [5.74, 6) is 5.84. The van der Waals surface area contributed by atoms with Gasteiger partial charge < -0.3 is 20.1 Å². The number of nitrogens with zero attached hydrogens (tertiary/aromatic N) is 2. The number of carboxylic acid groups (broad SMARTS) is 1. The second-order valence-corrected chi connectivity index (χ2v) is 8.22. The normalized spacial score (nSPS) is 11.6. The first-order valence-corrected chi connectivity index (χ1v) is 11.1. The number of aliphatic carboxylic acids is 1. The maximum absolute atomic E-state index is 11.1. The number of pyridine rings is 1. The van der Waals surface area contributed by atoms with E-state index in [0.29, 0.717) is 19.0 Å². The standard InChI is InChI=1S/C28H27N3O3/c1-3-4-23(15-27(32)33)21-8-10-25(11-9-21)34-18-24-7-6-22-13-14-31(28(22)19(24)2)17-20-5-12-26(29)30-16-20/h5-14,16,23H,15,17-18H2,1-2H3,(H2,29,30)(H,32,33)/t23-/m0/s1. The predicted octanol–water partition coefficient (Wildman–Crippen LogP) is 5.14. The highest BCUT2D eigenvalue weighted by Crippen LogP contribution is 2.26. The summed E-state index contributed by atoms with van der Waals surface area (Å²) in [6, 6.07) is 17.6. The number of fused-ring (bicyclic) bond motifs is 1. The van der Waals surface area contributed by atoms with Gasteiger partial charge in [0.1, 0.15) is 18.2 Å². The number of benzene rings is 2. The molecule has 34 heavy (non-hydrogen) atoms. The molecule has 6 heteroatoms.